The van der Waals surface area contributed by atoms with Crippen molar-refractivity contribution < 1.29 is 0 Å². The van der Waals surface area contributed by atoms with Crippen molar-refractivity contribution in [3.05, 3.63) is 78.1 Å². The fourth-order valence-electron chi connectivity index (χ4n) is 2.57. The van der Waals surface area contributed by atoms with Gasteiger partial charge in [0, 0.05) is 28.5 Å². The van der Waals surface area contributed by atoms with Crippen LogP contribution >= 0.6 is 11.6 Å². The SMILES string of the molecule is Clc1ccc(-c2c(-c3ccccc3)nc3ncccn23)cc1. The normalized spacial score (nSPS) is 11.0. The Morgan fingerprint density at radius 2 is 1.59 bits per heavy atom. The number of hydrogen-bond acceptors (Lipinski definition) is 2. The first-order chi connectivity index (χ1) is 10.8. The van der Waals surface area contributed by atoms with Crippen molar-refractivity contribution in [3.8, 4) is 22.5 Å². The molecule has 0 bridgehead atoms. The summed E-state index contributed by atoms with van der Waals surface area (Å²) in [5, 5.41) is 0.719. The molecule has 0 saturated carbocycles. The summed E-state index contributed by atoms with van der Waals surface area (Å²) in [6.45, 7) is 0. The van der Waals surface area contributed by atoms with Crippen LogP contribution in [0.2, 0.25) is 5.02 Å². The van der Waals surface area contributed by atoms with Gasteiger partial charge in [0.1, 0.15) is 0 Å². The van der Waals surface area contributed by atoms with Crippen molar-refractivity contribution in [1.29, 1.82) is 0 Å². The average molecular weight is 306 g/mol. The highest BCUT2D eigenvalue weighted by atomic mass is 35.5. The molecule has 4 aromatic rings. The molecule has 22 heavy (non-hydrogen) atoms. The molecule has 0 fully saturated rings. The minimum Gasteiger partial charge on any atom is -0.283 e. The van der Waals surface area contributed by atoms with Crippen LogP contribution in [0.25, 0.3) is 28.3 Å². The molecule has 0 unspecified atom stereocenters. The van der Waals surface area contributed by atoms with Gasteiger partial charge in [-0.3, -0.25) is 4.40 Å². The Hall–Kier alpha value is -2.65. The molecule has 0 N–H and O–H groups in total. The zero-order chi connectivity index (χ0) is 14.9. The van der Waals surface area contributed by atoms with Gasteiger partial charge in [-0.15, -0.1) is 0 Å². The maximum absolute atomic E-state index is 6.01. The lowest BCUT2D eigenvalue weighted by Crippen LogP contribution is -1.90. The predicted molar refractivity (Wildman–Crippen MR) is 88.9 cm³/mol. The van der Waals surface area contributed by atoms with Gasteiger partial charge in [0.2, 0.25) is 5.78 Å². The summed E-state index contributed by atoms with van der Waals surface area (Å²) in [5.74, 6) is 0.686. The van der Waals surface area contributed by atoms with Crippen molar-refractivity contribution in [3.63, 3.8) is 0 Å². The van der Waals surface area contributed by atoms with E-state index in [1.165, 1.54) is 0 Å². The smallest absolute Gasteiger partial charge is 0.234 e. The zero-order valence-electron chi connectivity index (χ0n) is 11.6. The molecule has 4 rings (SSSR count). The van der Waals surface area contributed by atoms with Crippen LogP contribution in [-0.2, 0) is 0 Å². The molecular weight excluding hydrogens is 294 g/mol. The lowest BCUT2D eigenvalue weighted by atomic mass is 10.1. The van der Waals surface area contributed by atoms with E-state index in [2.05, 4.69) is 17.1 Å². The molecule has 4 heteroatoms. The van der Waals surface area contributed by atoms with E-state index >= 15 is 0 Å². The fourth-order valence-corrected chi connectivity index (χ4v) is 2.69. The highest BCUT2D eigenvalue weighted by Gasteiger charge is 2.15. The van der Waals surface area contributed by atoms with Crippen molar-refractivity contribution in [2.24, 2.45) is 0 Å². The van der Waals surface area contributed by atoms with Crippen LogP contribution in [0.15, 0.2) is 73.1 Å². The van der Waals surface area contributed by atoms with E-state index in [1.807, 2.05) is 59.1 Å². The molecule has 0 aliphatic rings. The maximum atomic E-state index is 6.01. The molecule has 0 spiro atoms. The molecule has 2 heterocycles. The summed E-state index contributed by atoms with van der Waals surface area (Å²) in [5.41, 5.74) is 4.06. The van der Waals surface area contributed by atoms with Crippen molar-refractivity contribution in [2.75, 3.05) is 0 Å². The van der Waals surface area contributed by atoms with Gasteiger partial charge in [0.15, 0.2) is 0 Å². The summed E-state index contributed by atoms with van der Waals surface area (Å²) >= 11 is 6.01. The minimum absolute atomic E-state index is 0.686. The van der Waals surface area contributed by atoms with Gasteiger partial charge in [0.25, 0.3) is 0 Å². The highest BCUT2D eigenvalue weighted by molar-refractivity contribution is 6.30. The van der Waals surface area contributed by atoms with E-state index in [0.717, 1.165) is 27.5 Å². The third kappa shape index (κ3) is 2.16. The van der Waals surface area contributed by atoms with Crippen molar-refractivity contribution in [1.82, 2.24) is 14.4 Å². The summed E-state index contributed by atoms with van der Waals surface area (Å²) < 4.78 is 2.01. The van der Waals surface area contributed by atoms with Crippen LogP contribution in [0.3, 0.4) is 0 Å². The number of hydrogen-bond donors (Lipinski definition) is 0. The first-order valence-corrected chi connectivity index (χ1v) is 7.35. The lowest BCUT2D eigenvalue weighted by Gasteiger charge is -2.05. The standard InChI is InChI=1S/C18H12ClN3/c19-15-9-7-14(8-10-15)17-16(13-5-2-1-3-6-13)21-18-20-11-4-12-22(17)18/h1-12H. The number of benzene rings is 2. The van der Waals surface area contributed by atoms with Gasteiger partial charge < -0.3 is 0 Å². The summed E-state index contributed by atoms with van der Waals surface area (Å²) in [4.78, 5) is 9.06. The van der Waals surface area contributed by atoms with Crippen LogP contribution in [0.5, 0.6) is 0 Å². The Morgan fingerprint density at radius 3 is 2.36 bits per heavy atom. The van der Waals surface area contributed by atoms with E-state index in [4.69, 9.17) is 16.6 Å². The number of halogens is 1. The highest BCUT2D eigenvalue weighted by Crippen LogP contribution is 2.32. The Kier molecular flexibility index (Phi) is 3.13. The topological polar surface area (TPSA) is 30.2 Å². The third-order valence-corrected chi connectivity index (χ3v) is 3.82. The van der Waals surface area contributed by atoms with Crippen molar-refractivity contribution in [2.45, 2.75) is 0 Å². The van der Waals surface area contributed by atoms with Gasteiger partial charge in [0.05, 0.1) is 11.4 Å². The van der Waals surface area contributed by atoms with Crippen LogP contribution < -0.4 is 0 Å². The fraction of sp³-hybridized carbons (Fsp3) is 0. The van der Waals surface area contributed by atoms with Gasteiger partial charge in [-0.1, -0.05) is 54.1 Å². The minimum atomic E-state index is 0.686. The molecule has 3 nitrogen and oxygen atoms in total. The quantitative estimate of drug-likeness (QED) is 0.536. The number of nitrogens with zero attached hydrogens (tertiary/aromatic N) is 3. The average Bonchev–Trinajstić information content (AvgIpc) is 2.96. The van der Waals surface area contributed by atoms with Crippen molar-refractivity contribution >= 4 is 17.4 Å². The third-order valence-electron chi connectivity index (χ3n) is 3.57. The molecule has 2 aromatic heterocycles. The van der Waals surface area contributed by atoms with Gasteiger partial charge in [-0.2, -0.15) is 0 Å². The van der Waals surface area contributed by atoms with E-state index in [0.29, 0.717) is 5.78 Å². The maximum Gasteiger partial charge on any atom is 0.234 e. The molecule has 2 aromatic carbocycles. The molecule has 0 aliphatic carbocycles. The second-order valence-corrected chi connectivity index (χ2v) is 5.41. The second kappa shape index (κ2) is 5.28. The second-order valence-electron chi connectivity index (χ2n) is 4.97. The number of rotatable bonds is 2. The molecule has 0 amide bonds. The van der Waals surface area contributed by atoms with Crippen LogP contribution in [0.4, 0.5) is 0 Å². The lowest BCUT2D eigenvalue weighted by molar-refractivity contribution is 1.11. The zero-order valence-corrected chi connectivity index (χ0v) is 12.4. The van der Waals surface area contributed by atoms with Gasteiger partial charge in [-0.05, 0) is 18.2 Å². The molecule has 0 atom stereocenters. The van der Waals surface area contributed by atoms with E-state index in [1.54, 1.807) is 6.20 Å². The summed E-state index contributed by atoms with van der Waals surface area (Å²) in [6, 6.07) is 19.8. The predicted octanol–water partition coefficient (Wildman–Crippen LogP) is 4.72. The first-order valence-electron chi connectivity index (χ1n) is 6.97. The molecule has 0 aliphatic heterocycles. The van der Waals surface area contributed by atoms with Gasteiger partial charge >= 0.3 is 0 Å². The number of imidazole rings is 1. The first kappa shape index (κ1) is 13.0. The Balaban J connectivity index is 2.04. The van der Waals surface area contributed by atoms with E-state index in [-0.39, 0.29) is 0 Å². The molecular formula is C18H12ClN3. The Labute approximate surface area is 132 Å². The van der Waals surface area contributed by atoms with E-state index in [9.17, 15) is 0 Å². The summed E-state index contributed by atoms with van der Waals surface area (Å²) in [7, 11) is 0. The number of fused-ring (bicyclic) bond motifs is 1. The Bertz CT molecular complexity index is 928. The van der Waals surface area contributed by atoms with Gasteiger partial charge in [-0.25, -0.2) is 9.97 Å². The molecule has 0 radical (unpaired) electrons. The van der Waals surface area contributed by atoms with Crippen LogP contribution in [-0.4, -0.2) is 14.4 Å². The monoisotopic (exact) mass is 305 g/mol. The van der Waals surface area contributed by atoms with Crippen LogP contribution in [0, 0.1) is 0 Å². The van der Waals surface area contributed by atoms with E-state index < -0.39 is 0 Å². The summed E-state index contributed by atoms with van der Waals surface area (Å²) in [6.07, 6.45) is 3.73. The Morgan fingerprint density at radius 1 is 0.818 bits per heavy atom. The largest absolute Gasteiger partial charge is 0.283 e. The number of aromatic nitrogens is 3. The van der Waals surface area contributed by atoms with Crippen LogP contribution in [0.1, 0.15) is 0 Å². The molecule has 0 saturated heterocycles. The molecule has 106 valence electrons.